The summed E-state index contributed by atoms with van der Waals surface area (Å²) < 4.78 is 4.40. The Morgan fingerprint density at radius 3 is 2.74 bits per heavy atom. The van der Waals surface area contributed by atoms with Crippen LogP contribution in [0.2, 0.25) is 0 Å². The first-order valence-electron chi connectivity index (χ1n) is 9.71. The highest BCUT2D eigenvalue weighted by Crippen LogP contribution is 2.19. The van der Waals surface area contributed by atoms with E-state index in [2.05, 4.69) is 56.3 Å². The molecular formula is C19H29N7S. The van der Waals surface area contributed by atoms with Gasteiger partial charge >= 0.3 is 0 Å². The summed E-state index contributed by atoms with van der Waals surface area (Å²) in [6.07, 6.45) is 5.60. The summed E-state index contributed by atoms with van der Waals surface area (Å²) in [6.45, 7) is 11.8. The summed E-state index contributed by atoms with van der Waals surface area (Å²) in [5.41, 5.74) is 2.55. The molecule has 0 radical (unpaired) electrons. The van der Waals surface area contributed by atoms with E-state index >= 15 is 0 Å². The topological polar surface area (TPSA) is 69.5 Å². The molecule has 1 aliphatic rings. The summed E-state index contributed by atoms with van der Waals surface area (Å²) in [7, 11) is 0. The lowest BCUT2D eigenvalue weighted by Crippen LogP contribution is -2.52. The molecule has 1 fully saturated rings. The monoisotopic (exact) mass is 387 g/mol. The van der Waals surface area contributed by atoms with Crippen molar-refractivity contribution in [2.45, 2.75) is 33.6 Å². The Morgan fingerprint density at radius 1 is 1.26 bits per heavy atom. The van der Waals surface area contributed by atoms with Crippen LogP contribution in [0.15, 0.2) is 23.5 Å². The number of rotatable bonds is 6. The molecule has 0 aromatic carbocycles. The van der Waals surface area contributed by atoms with Gasteiger partial charge in [0, 0.05) is 69.6 Å². The van der Waals surface area contributed by atoms with Gasteiger partial charge < -0.3 is 15.1 Å². The summed E-state index contributed by atoms with van der Waals surface area (Å²) in [5, 5.41) is 4.48. The molecule has 0 atom stereocenters. The molecule has 0 spiro atoms. The van der Waals surface area contributed by atoms with Gasteiger partial charge in [0.05, 0.1) is 0 Å². The van der Waals surface area contributed by atoms with Crippen molar-refractivity contribution >= 4 is 22.6 Å². The summed E-state index contributed by atoms with van der Waals surface area (Å²) in [6, 6.07) is 2.09. The third-order valence-electron chi connectivity index (χ3n) is 4.74. The second kappa shape index (κ2) is 9.64. The van der Waals surface area contributed by atoms with Crippen molar-refractivity contribution in [3.63, 3.8) is 0 Å². The van der Waals surface area contributed by atoms with Gasteiger partial charge in [-0.2, -0.15) is 4.37 Å². The second-order valence-corrected chi connectivity index (χ2v) is 7.34. The number of guanidine groups is 1. The number of nitrogens with zero attached hydrogens (tertiary/aromatic N) is 6. The van der Waals surface area contributed by atoms with Crippen molar-refractivity contribution < 1.29 is 0 Å². The molecule has 8 heteroatoms. The van der Waals surface area contributed by atoms with Crippen molar-refractivity contribution in [3.05, 3.63) is 35.4 Å². The highest BCUT2D eigenvalue weighted by molar-refractivity contribution is 7.09. The standard InChI is InChI=1S/C19H29N7S/c1-4-17-23-19(27-24-17)26-12-10-25(11-13-26)18(21-5-2)22-9-7-16-6-8-20-14-15(16)3/h6,8,14H,4-5,7,9-13H2,1-3H3,(H,21,22). The molecular weight excluding hydrogens is 358 g/mol. The number of hydrogen-bond acceptors (Lipinski definition) is 6. The van der Waals surface area contributed by atoms with Gasteiger partial charge in [-0.3, -0.25) is 9.98 Å². The maximum absolute atomic E-state index is 4.86. The van der Waals surface area contributed by atoms with E-state index in [9.17, 15) is 0 Å². The van der Waals surface area contributed by atoms with Gasteiger partial charge in [-0.05, 0) is 37.5 Å². The number of pyridine rings is 1. The zero-order valence-corrected chi connectivity index (χ0v) is 17.3. The Hall–Kier alpha value is -2.22. The van der Waals surface area contributed by atoms with E-state index in [4.69, 9.17) is 4.99 Å². The SMILES string of the molecule is CCNC(=NCCc1ccncc1C)N1CCN(c2nc(CC)ns2)CC1. The van der Waals surface area contributed by atoms with Crippen LogP contribution in [-0.4, -0.2) is 64.5 Å². The number of piperazine rings is 1. The largest absolute Gasteiger partial charge is 0.357 e. The molecule has 1 aliphatic heterocycles. The lowest BCUT2D eigenvalue weighted by Gasteiger charge is -2.36. The fourth-order valence-corrected chi connectivity index (χ4v) is 3.92. The van der Waals surface area contributed by atoms with Gasteiger partial charge in [-0.25, -0.2) is 4.98 Å². The minimum atomic E-state index is 0.781. The van der Waals surface area contributed by atoms with Crippen molar-refractivity contribution in [2.24, 2.45) is 4.99 Å². The predicted molar refractivity (Wildman–Crippen MR) is 112 cm³/mol. The van der Waals surface area contributed by atoms with Crippen LogP contribution in [-0.2, 0) is 12.8 Å². The van der Waals surface area contributed by atoms with Crippen molar-refractivity contribution in [1.82, 2.24) is 24.6 Å². The first kappa shape index (κ1) is 19.5. The fourth-order valence-electron chi connectivity index (χ4n) is 3.12. The molecule has 0 saturated carbocycles. The smallest absolute Gasteiger partial charge is 0.205 e. The number of aromatic nitrogens is 3. The normalized spacial score (nSPS) is 15.3. The van der Waals surface area contributed by atoms with Gasteiger partial charge in [-0.15, -0.1) is 0 Å². The van der Waals surface area contributed by atoms with Crippen molar-refractivity contribution in [2.75, 3.05) is 44.2 Å². The van der Waals surface area contributed by atoms with Crippen LogP contribution in [0.4, 0.5) is 5.13 Å². The molecule has 7 nitrogen and oxygen atoms in total. The quantitative estimate of drug-likeness (QED) is 0.605. The first-order valence-corrected chi connectivity index (χ1v) is 10.5. The van der Waals surface area contributed by atoms with Crippen LogP contribution in [0.1, 0.15) is 30.8 Å². The minimum Gasteiger partial charge on any atom is -0.357 e. The fraction of sp³-hybridized carbons (Fsp3) is 0.579. The van der Waals surface area contributed by atoms with Crippen LogP contribution >= 0.6 is 11.5 Å². The lowest BCUT2D eigenvalue weighted by atomic mass is 10.1. The molecule has 2 aromatic rings. The Morgan fingerprint density at radius 2 is 2.07 bits per heavy atom. The Labute approximate surface area is 165 Å². The van der Waals surface area contributed by atoms with Crippen LogP contribution in [0.5, 0.6) is 0 Å². The molecule has 0 amide bonds. The summed E-state index contributed by atoms with van der Waals surface area (Å²) in [5.74, 6) is 1.95. The molecule has 1 saturated heterocycles. The van der Waals surface area contributed by atoms with E-state index in [1.807, 2.05) is 12.4 Å². The summed E-state index contributed by atoms with van der Waals surface area (Å²) >= 11 is 1.51. The number of aryl methyl sites for hydroxylation is 2. The average Bonchev–Trinajstić information content (AvgIpc) is 3.18. The van der Waals surface area contributed by atoms with E-state index in [0.717, 1.165) is 69.0 Å². The molecule has 0 bridgehead atoms. The predicted octanol–water partition coefficient (Wildman–Crippen LogP) is 2.13. The van der Waals surface area contributed by atoms with E-state index in [1.54, 1.807) is 0 Å². The average molecular weight is 388 g/mol. The minimum absolute atomic E-state index is 0.781. The number of nitrogens with one attached hydrogen (secondary N) is 1. The second-order valence-electron chi connectivity index (χ2n) is 6.61. The molecule has 3 rings (SSSR count). The van der Waals surface area contributed by atoms with Gasteiger partial charge in [-0.1, -0.05) is 6.92 Å². The van der Waals surface area contributed by atoms with Crippen LogP contribution in [0.3, 0.4) is 0 Å². The van der Waals surface area contributed by atoms with Crippen LogP contribution in [0.25, 0.3) is 0 Å². The third kappa shape index (κ3) is 5.15. The Bertz CT molecular complexity index is 750. The molecule has 146 valence electrons. The maximum Gasteiger partial charge on any atom is 0.205 e. The summed E-state index contributed by atoms with van der Waals surface area (Å²) in [4.78, 5) is 18.3. The molecule has 3 heterocycles. The van der Waals surface area contributed by atoms with Gasteiger partial charge in [0.1, 0.15) is 5.82 Å². The van der Waals surface area contributed by atoms with E-state index in [1.165, 1.54) is 22.7 Å². The highest BCUT2D eigenvalue weighted by atomic mass is 32.1. The molecule has 0 unspecified atom stereocenters. The number of aliphatic imine (C=N–C) groups is 1. The van der Waals surface area contributed by atoms with E-state index < -0.39 is 0 Å². The Balaban J connectivity index is 1.56. The molecule has 27 heavy (non-hydrogen) atoms. The van der Waals surface area contributed by atoms with E-state index in [-0.39, 0.29) is 0 Å². The third-order valence-corrected chi connectivity index (χ3v) is 5.55. The maximum atomic E-state index is 4.86. The Kier molecular flexibility index (Phi) is 6.98. The van der Waals surface area contributed by atoms with Gasteiger partial charge in [0.2, 0.25) is 5.13 Å². The molecule has 0 aliphatic carbocycles. The molecule has 1 N–H and O–H groups in total. The number of hydrogen-bond donors (Lipinski definition) is 1. The first-order chi connectivity index (χ1) is 13.2. The van der Waals surface area contributed by atoms with Gasteiger partial charge in [0.15, 0.2) is 5.96 Å². The van der Waals surface area contributed by atoms with Crippen LogP contribution < -0.4 is 10.2 Å². The van der Waals surface area contributed by atoms with Crippen molar-refractivity contribution in [3.8, 4) is 0 Å². The zero-order valence-electron chi connectivity index (χ0n) is 16.5. The van der Waals surface area contributed by atoms with Gasteiger partial charge in [0.25, 0.3) is 0 Å². The van der Waals surface area contributed by atoms with E-state index in [0.29, 0.717) is 0 Å². The highest BCUT2D eigenvalue weighted by Gasteiger charge is 2.21. The van der Waals surface area contributed by atoms with Crippen molar-refractivity contribution in [1.29, 1.82) is 0 Å². The van der Waals surface area contributed by atoms with Crippen LogP contribution in [0, 0.1) is 6.92 Å². The number of anilines is 1. The molecule has 2 aromatic heterocycles. The lowest BCUT2D eigenvalue weighted by molar-refractivity contribution is 0.372. The zero-order chi connectivity index (χ0) is 19.1.